The summed E-state index contributed by atoms with van der Waals surface area (Å²) in [6.07, 6.45) is 1.17. The molecule has 0 fully saturated rings. The highest BCUT2D eigenvalue weighted by molar-refractivity contribution is 5.96. The van der Waals surface area contributed by atoms with Crippen molar-refractivity contribution < 1.29 is 9.59 Å². The molecule has 1 aromatic carbocycles. The van der Waals surface area contributed by atoms with Gasteiger partial charge in [0.2, 0.25) is 11.8 Å². The Kier molecular flexibility index (Phi) is 4.12. The van der Waals surface area contributed by atoms with Gasteiger partial charge in [-0.15, -0.1) is 0 Å². The molecule has 0 saturated heterocycles. The summed E-state index contributed by atoms with van der Waals surface area (Å²) in [5.41, 5.74) is 9.02. The Morgan fingerprint density at radius 2 is 2.20 bits per heavy atom. The van der Waals surface area contributed by atoms with Crippen LogP contribution in [0.5, 0.6) is 0 Å². The Bertz CT molecular complexity index is 542. The van der Waals surface area contributed by atoms with Crippen LogP contribution in [0.4, 0.5) is 17.1 Å². The van der Waals surface area contributed by atoms with Crippen molar-refractivity contribution in [3.63, 3.8) is 0 Å². The second-order valence-corrected chi connectivity index (χ2v) is 4.91. The number of rotatable bonds is 4. The maximum atomic E-state index is 11.7. The van der Waals surface area contributed by atoms with E-state index in [1.165, 1.54) is 0 Å². The summed E-state index contributed by atoms with van der Waals surface area (Å²) in [6.45, 7) is 4.22. The van der Waals surface area contributed by atoms with Gasteiger partial charge in [-0.25, -0.2) is 0 Å². The Morgan fingerprint density at radius 1 is 1.45 bits per heavy atom. The van der Waals surface area contributed by atoms with Gasteiger partial charge < -0.3 is 21.7 Å². The van der Waals surface area contributed by atoms with Crippen LogP contribution in [-0.4, -0.2) is 24.4 Å². The first-order valence-corrected chi connectivity index (χ1v) is 6.77. The number of likely N-dealkylation sites (N-methyl/N-ethyl adjacent to an activating group) is 1. The fourth-order valence-electron chi connectivity index (χ4n) is 2.20. The average molecular weight is 276 g/mol. The molecule has 1 heterocycles. The Labute approximate surface area is 118 Å². The number of amides is 2. The molecule has 0 aromatic heterocycles. The molecule has 1 atom stereocenters. The van der Waals surface area contributed by atoms with Gasteiger partial charge in [0.15, 0.2) is 0 Å². The predicted molar refractivity (Wildman–Crippen MR) is 79.6 cm³/mol. The van der Waals surface area contributed by atoms with Crippen molar-refractivity contribution in [2.45, 2.75) is 32.7 Å². The third kappa shape index (κ3) is 3.01. The van der Waals surface area contributed by atoms with Crippen molar-refractivity contribution in [1.29, 1.82) is 0 Å². The molecule has 1 aromatic rings. The standard InChI is InChI=1S/C14H20N4O2/c1-3-16-14(20)8(2)17-12-7-11-9(6-10(12)15)4-5-13(19)18-11/h6-8,17H,3-5,15H2,1-2H3,(H,16,20)(H,18,19). The summed E-state index contributed by atoms with van der Waals surface area (Å²) in [4.78, 5) is 23.1. The average Bonchev–Trinajstić information content (AvgIpc) is 2.40. The number of nitrogens with one attached hydrogen (secondary N) is 3. The fourth-order valence-corrected chi connectivity index (χ4v) is 2.20. The molecule has 2 amide bonds. The van der Waals surface area contributed by atoms with Crippen molar-refractivity contribution >= 4 is 28.9 Å². The molecule has 0 saturated carbocycles. The number of fused-ring (bicyclic) bond motifs is 1. The first-order valence-electron chi connectivity index (χ1n) is 6.77. The van der Waals surface area contributed by atoms with Crippen LogP contribution in [0.2, 0.25) is 0 Å². The minimum absolute atomic E-state index is 0.00463. The van der Waals surface area contributed by atoms with Crippen LogP contribution >= 0.6 is 0 Å². The lowest BCUT2D eigenvalue weighted by atomic mass is 10.0. The van der Waals surface area contributed by atoms with Crippen molar-refractivity contribution in [3.05, 3.63) is 17.7 Å². The van der Waals surface area contributed by atoms with E-state index < -0.39 is 6.04 Å². The molecule has 0 spiro atoms. The zero-order valence-corrected chi connectivity index (χ0v) is 11.7. The molecule has 20 heavy (non-hydrogen) atoms. The molecular weight excluding hydrogens is 256 g/mol. The lowest BCUT2D eigenvalue weighted by molar-refractivity contribution is -0.121. The summed E-state index contributed by atoms with van der Waals surface area (Å²) in [7, 11) is 0. The van der Waals surface area contributed by atoms with Crippen LogP contribution in [0.25, 0.3) is 0 Å². The summed E-state index contributed by atoms with van der Waals surface area (Å²) >= 11 is 0. The number of nitrogens with two attached hydrogens (primary N) is 1. The molecule has 108 valence electrons. The number of hydrogen-bond acceptors (Lipinski definition) is 4. The first kappa shape index (κ1) is 14.2. The molecule has 0 radical (unpaired) electrons. The van der Waals surface area contributed by atoms with Crippen molar-refractivity contribution in [1.82, 2.24) is 5.32 Å². The van der Waals surface area contributed by atoms with E-state index in [1.807, 2.05) is 13.0 Å². The maximum absolute atomic E-state index is 11.7. The smallest absolute Gasteiger partial charge is 0.242 e. The predicted octanol–water partition coefficient (Wildman–Crippen LogP) is 1.09. The van der Waals surface area contributed by atoms with E-state index in [4.69, 9.17) is 5.73 Å². The van der Waals surface area contributed by atoms with Crippen molar-refractivity contribution in [2.75, 3.05) is 22.9 Å². The molecule has 5 N–H and O–H groups in total. The van der Waals surface area contributed by atoms with Crippen LogP contribution in [0.15, 0.2) is 12.1 Å². The number of carbonyl (C=O) groups excluding carboxylic acids is 2. The van der Waals surface area contributed by atoms with Gasteiger partial charge in [0, 0.05) is 18.7 Å². The second-order valence-electron chi connectivity index (χ2n) is 4.91. The zero-order valence-electron chi connectivity index (χ0n) is 11.7. The summed E-state index contributed by atoms with van der Waals surface area (Å²) in [5.74, 6) is -0.0846. The highest BCUT2D eigenvalue weighted by Gasteiger charge is 2.18. The van der Waals surface area contributed by atoms with E-state index in [1.54, 1.807) is 13.0 Å². The highest BCUT2D eigenvalue weighted by atomic mass is 16.2. The summed E-state index contributed by atoms with van der Waals surface area (Å²) in [5, 5.41) is 8.63. The molecule has 0 bridgehead atoms. The van der Waals surface area contributed by atoms with Gasteiger partial charge in [-0.05, 0) is 38.0 Å². The number of nitrogen functional groups attached to an aromatic ring is 1. The Balaban J connectivity index is 2.18. The third-order valence-corrected chi connectivity index (χ3v) is 3.29. The van der Waals surface area contributed by atoms with Gasteiger partial charge in [0.1, 0.15) is 6.04 Å². The number of carbonyl (C=O) groups is 2. The Morgan fingerprint density at radius 3 is 2.90 bits per heavy atom. The minimum Gasteiger partial charge on any atom is -0.397 e. The van der Waals surface area contributed by atoms with E-state index >= 15 is 0 Å². The van der Waals surface area contributed by atoms with Crippen LogP contribution in [0.1, 0.15) is 25.8 Å². The summed E-state index contributed by atoms with van der Waals surface area (Å²) in [6, 6.07) is 3.24. The van der Waals surface area contributed by atoms with Gasteiger partial charge in [-0.1, -0.05) is 0 Å². The molecule has 6 heteroatoms. The normalized spacial score (nSPS) is 15.0. The number of anilines is 3. The molecule has 1 aliphatic heterocycles. The second kappa shape index (κ2) is 5.81. The monoisotopic (exact) mass is 276 g/mol. The molecular formula is C14H20N4O2. The lowest BCUT2D eigenvalue weighted by Gasteiger charge is -2.21. The van der Waals surface area contributed by atoms with E-state index in [2.05, 4.69) is 16.0 Å². The van der Waals surface area contributed by atoms with Crippen LogP contribution in [0.3, 0.4) is 0 Å². The van der Waals surface area contributed by atoms with E-state index in [0.717, 1.165) is 11.3 Å². The number of aryl methyl sites for hydroxylation is 1. The SMILES string of the molecule is CCNC(=O)C(C)Nc1cc2c(cc1N)CCC(=O)N2. The van der Waals surface area contributed by atoms with Gasteiger partial charge in [-0.3, -0.25) is 9.59 Å². The lowest BCUT2D eigenvalue weighted by Crippen LogP contribution is -2.37. The number of hydrogen-bond donors (Lipinski definition) is 4. The fraction of sp³-hybridized carbons (Fsp3) is 0.429. The van der Waals surface area contributed by atoms with Crippen LogP contribution in [0, 0.1) is 0 Å². The third-order valence-electron chi connectivity index (χ3n) is 3.29. The quantitative estimate of drug-likeness (QED) is 0.619. The maximum Gasteiger partial charge on any atom is 0.242 e. The Hall–Kier alpha value is -2.24. The van der Waals surface area contributed by atoms with E-state index in [9.17, 15) is 9.59 Å². The van der Waals surface area contributed by atoms with Crippen molar-refractivity contribution in [2.24, 2.45) is 0 Å². The van der Waals surface area contributed by atoms with Crippen LogP contribution in [-0.2, 0) is 16.0 Å². The minimum atomic E-state index is -0.394. The number of benzene rings is 1. The zero-order chi connectivity index (χ0) is 14.7. The topological polar surface area (TPSA) is 96.2 Å². The molecule has 1 aliphatic rings. The molecule has 2 rings (SSSR count). The molecule has 0 aliphatic carbocycles. The van der Waals surface area contributed by atoms with Gasteiger partial charge >= 0.3 is 0 Å². The molecule has 1 unspecified atom stereocenters. The van der Waals surface area contributed by atoms with Gasteiger partial charge in [0.05, 0.1) is 11.4 Å². The summed E-state index contributed by atoms with van der Waals surface area (Å²) < 4.78 is 0. The van der Waals surface area contributed by atoms with Gasteiger partial charge in [-0.2, -0.15) is 0 Å². The van der Waals surface area contributed by atoms with E-state index in [-0.39, 0.29) is 11.8 Å². The van der Waals surface area contributed by atoms with Crippen LogP contribution < -0.4 is 21.7 Å². The van der Waals surface area contributed by atoms with Crippen molar-refractivity contribution in [3.8, 4) is 0 Å². The molecule has 6 nitrogen and oxygen atoms in total. The first-order chi connectivity index (χ1) is 9.51. The highest BCUT2D eigenvalue weighted by Crippen LogP contribution is 2.31. The van der Waals surface area contributed by atoms with Gasteiger partial charge in [0.25, 0.3) is 0 Å². The largest absolute Gasteiger partial charge is 0.397 e. The van der Waals surface area contributed by atoms with E-state index in [0.29, 0.717) is 30.8 Å².